The molecule has 0 radical (unpaired) electrons. The third kappa shape index (κ3) is 1.96. The van der Waals surface area contributed by atoms with Gasteiger partial charge in [0.1, 0.15) is 5.82 Å². The Kier molecular flexibility index (Phi) is 2.92. The predicted molar refractivity (Wildman–Crippen MR) is 73.7 cm³/mol. The third-order valence-electron chi connectivity index (χ3n) is 4.53. The molecule has 18 heavy (non-hydrogen) atoms. The van der Waals surface area contributed by atoms with E-state index < -0.39 is 0 Å². The molecule has 1 aliphatic heterocycles. The molecule has 0 bridgehead atoms. The fraction of sp³-hybridized carbons (Fsp3) is 0.600. The number of fused-ring (bicyclic) bond motifs is 1. The number of halogens is 1. The SMILES string of the molecule is CN1CC2(CCCCC2)CNc2c(F)cccc21. The summed E-state index contributed by atoms with van der Waals surface area (Å²) >= 11 is 0. The highest BCUT2D eigenvalue weighted by Gasteiger charge is 2.36. The zero-order valence-corrected chi connectivity index (χ0v) is 11.0. The lowest BCUT2D eigenvalue weighted by molar-refractivity contribution is 0.215. The first-order chi connectivity index (χ1) is 8.70. The van der Waals surface area contributed by atoms with Crippen molar-refractivity contribution >= 4 is 11.4 Å². The lowest BCUT2D eigenvalue weighted by atomic mass is 9.74. The second-order valence-corrected chi connectivity index (χ2v) is 5.90. The highest BCUT2D eigenvalue weighted by atomic mass is 19.1. The molecule has 1 heterocycles. The summed E-state index contributed by atoms with van der Waals surface area (Å²) in [6, 6.07) is 5.34. The van der Waals surface area contributed by atoms with Crippen LogP contribution in [0.4, 0.5) is 15.8 Å². The van der Waals surface area contributed by atoms with Gasteiger partial charge in [-0.05, 0) is 25.0 Å². The fourth-order valence-electron chi connectivity index (χ4n) is 3.56. The second-order valence-electron chi connectivity index (χ2n) is 5.90. The molecule has 1 spiro atoms. The number of hydrogen-bond donors (Lipinski definition) is 1. The Hall–Kier alpha value is -1.25. The van der Waals surface area contributed by atoms with Crippen LogP contribution in [0, 0.1) is 11.2 Å². The van der Waals surface area contributed by atoms with Gasteiger partial charge in [-0.3, -0.25) is 0 Å². The van der Waals surface area contributed by atoms with Crippen LogP contribution < -0.4 is 10.2 Å². The summed E-state index contributed by atoms with van der Waals surface area (Å²) < 4.78 is 13.9. The first-order valence-electron chi connectivity index (χ1n) is 6.94. The Morgan fingerprint density at radius 1 is 1.22 bits per heavy atom. The van der Waals surface area contributed by atoms with E-state index in [1.165, 1.54) is 32.1 Å². The van der Waals surface area contributed by atoms with Crippen molar-refractivity contribution in [3.05, 3.63) is 24.0 Å². The van der Waals surface area contributed by atoms with Gasteiger partial charge in [-0.1, -0.05) is 25.3 Å². The molecule has 1 aromatic rings. The predicted octanol–water partition coefficient (Wildman–Crippen LogP) is 3.64. The molecular formula is C15H21FN2. The second kappa shape index (κ2) is 4.45. The van der Waals surface area contributed by atoms with Gasteiger partial charge in [0, 0.05) is 25.6 Å². The minimum atomic E-state index is -0.132. The first-order valence-corrected chi connectivity index (χ1v) is 6.94. The van der Waals surface area contributed by atoms with Crippen LogP contribution in [0.2, 0.25) is 0 Å². The van der Waals surface area contributed by atoms with Gasteiger partial charge in [-0.2, -0.15) is 0 Å². The molecule has 0 unspecified atom stereocenters. The summed E-state index contributed by atoms with van der Waals surface area (Å²) in [5, 5.41) is 3.37. The van der Waals surface area contributed by atoms with E-state index >= 15 is 0 Å². The largest absolute Gasteiger partial charge is 0.380 e. The van der Waals surface area contributed by atoms with Crippen molar-refractivity contribution in [2.45, 2.75) is 32.1 Å². The zero-order valence-electron chi connectivity index (χ0n) is 11.0. The third-order valence-corrected chi connectivity index (χ3v) is 4.53. The Labute approximate surface area is 108 Å². The molecule has 98 valence electrons. The maximum atomic E-state index is 13.9. The monoisotopic (exact) mass is 248 g/mol. The molecular weight excluding hydrogens is 227 g/mol. The molecule has 0 atom stereocenters. The first kappa shape index (κ1) is 11.8. The molecule has 0 aromatic heterocycles. The molecule has 1 N–H and O–H groups in total. The molecule has 3 rings (SSSR count). The summed E-state index contributed by atoms with van der Waals surface area (Å²) in [7, 11) is 2.08. The van der Waals surface area contributed by atoms with Gasteiger partial charge in [-0.15, -0.1) is 0 Å². The van der Waals surface area contributed by atoms with Gasteiger partial charge in [-0.25, -0.2) is 4.39 Å². The van der Waals surface area contributed by atoms with E-state index in [4.69, 9.17) is 0 Å². The van der Waals surface area contributed by atoms with E-state index in [0.717, 1.165) is 18.8 Å². The minimum Gasteiger partial charge on any atom is -0.380 e. The average Bonchev–Trinajstić information content (AvgIpc) is 2.50. The number of benzene rings is 1. The van der Waals surface area contributed by atoms with E-state index in [1.54, 1.807) is 12.1 Å². The van der Waals surface area contributed by atoms with Crippen LogP contribution in [0.1, 0.15) is 32.1 Å². The summed E-state index contributed by atoms with van der Waals surface area (Å²) in [5.74, 6) is -0.132. The lowest BCUT2D eigenvalue weighted by Gasteiger charge is -2.38. The quantitative estimate of drug-likeness (QED) is 0.754. The highest BCUT2D eigenvalue weighted by molar-refractivity contribution is 5.71. The summed E-state index contributed by atoms with van der Waals surface area (Å²) in [6.07, 6.45) is 6.51. The van der Waals surface area contributed by atoms with Crippen LogP contribution in [0.15, 0.2) is 18.2 Å². The van der Waals surface area contributed by atoms with Gasteiger partial charge >= 0.3 is 0 Å². The van der Waals surface area contributed by atoms with Crippen LogP contribution in [-0.4, -0.2) is 20.1 Å². The van der Waals surface area contributed by atoms with Gasteiger partial charge < -0.3 is 10.2 Å². The normalized spacial score (nSPS) is 22.2. The molecule has 1 aliphatic carbocycles. The number of para-hydroxylation sites is 1. The summed E-state index contributed by atoms with van der Waals surface area (Å²) in [5.41, 5.74) is 2.01. The molecule has 0 amide bonds. The van der Waals surface area contributed by atoms with Crippen molar-refractivity contribution in [2.24, 2.45) is 5.41 Å². The number of anilines is 2. The number of rotatable bonds is 0. The Bertz CT molecular complexity index is 438. The standard InChI is InChI=1S/C15H21FN2/c1-18-11-15(8-3-2-4-9-15)10-17-14-12(16)6-5-7-13(14)18/h5-7,17H,2-4,8-11H2,1H3. The molecule has 1 saturated carbocycles. The van der Waals surface area contributed by atoms with Crippen molar-refractivity contribution in [1.29, 1.82) is 0 Å². The van der Waals surface area contributed by atoms with E-state index in [0.29, 0.717) is 11.1 Å². The van der Waals surface area contributed by atoms with Crippen LogP contribution in [-0.2, 0) is 0 Å². The topological polar surface area (TPSA) is 15.3 Å². The summed E-state index contributed by atoms with van der Waals surface area (Å²) in [6.45, 7) is 1.95. The number of hydrogen-bond acceptors (Lipinski definition) is 2. The molecule has 1 aromatic carbocycles. The average molecular weight is 248 g/mol. The van der Waals surface area contributed by atoms with E-state index in [2.05, 4.69) is 17.3 Å². The van der Waals surface area contributed by atoms with E-state index in [1.807, 2.05) is 6.07 Å². The fourth-order valence-corrected chi connectivity index (χ4v) is 3.56. The van der Waals surface area contributed by atoms with E-state index in [9.17, 15) is 4.39 Å². The van der Waals surface area contributed by atoms with Gasteiger partial charge in [0.05, 0.1) is 11.4 Å². The van der Waals surface area contributed by atoms with Crippen molar-refractivity contribution in [2.75, 3.05) is 30.4 Å². The smallest absolute Gasteiger partial charge is 0.148 e. The van der Waals surface area contributed by atoms with E-state index in [-0.39, 0.29) is 5.82 Å². The Morgan fingerprint density at radius 3 is 2.78 bits per heavy atom. The maximum absolute atomic E-state index is 13.9. The Morgan fingerprint density at radius 2 is 2.00 bits per heavy atom. The van der Waals surface area contributed by atoms with Crippen molar-refractivity contribution in [3.8, 4) is 0 Å². The van der Waals surface area contributed by atoms with Crippen LogP contribution in [0.25, 0.3) is 0 Å². The van der Waals surface area contributed by atoms with Gasteiger partial charge in [0.2, 0.25) is 0 Å². The number of nitrogens with zero attached hydrogens (tertiary/aromatic N) is 1. The zero-order chi connectivity index (χ0) is 12.6. The Balaban J connectivity index is 1.92. The lowest BCUT2D eigenvalue weighted by Crippen LogP contribution is -2.40. The van der Waals surface area contributed by atoms with Crippen molar-refractivity contribution < 1.29 is 4.39 Å². The maximum Gasteiger partial charge on any atom is 0.148 e. The van der Waals surface area contributed by atoms with Crippen molar-refractivity contribution in [1.82, 2.24) is 0 Å². The van der Waals surface area contributed by atoms with Crippen molar-refractivity contribution in [3.63, 3.8) is 0 Å². The van der Waals surface area contributed by atoms with Crippen LogP contribution >= 0.6 is 0 Å². The number of nitrogens with one attached hydrogen (secondary N) is 1. The highest BCUT2D eigenvalue weighted by Crippen LogP contribution is 2.42. The molecule has 2 aliphatic rings. The summed E-state index contributed by atoms with van der Waals surface area (Å²) in [4.78, 5) is 2.23. The van der Waals surface area contributed by atoms with Crippen LogP contribution in [0.5, 0.6) is 0 Å². The minimum absolute atomic E-state index is 0.132. The molecule has 3 heteroatoms. The van der Waals surface area contributed by atoms with Crippen LogP contribution in [0.3, 0.4) is 0 Å². The molecule has 1 fully saturated rings. The molecule has 2 nitrogen and oxygen atoms in total. The van der Waals surface area contributed by atoms with Gasteiger partial charge in [0.15, 0.2) is 0 Å². The molecule has 0 saturated heterocycles. The van der Waals surface area contributed by atoms with Gasteiger partial charge in [0.25, 0.3) is 0 Å².